The van der Waals surface area contributed by atoms with Crippen LogP contribution in [0.3, 0.4) is 0 Å². The zero-order chi connectivity index (χ0) is 13.9. The number of nitrogens with one attached hydrogen (secondary N) is 1. The van der Waals surface area contributed by atoms with E-state index in [1.807, 2.05) is 0 Å². The Morgan fingerprint density at radius 3 is 2.84 bits per heavy atom. The molecule has 2 nitrogen and oxygen atoms in total. The lowest BCUT2D eigenvalue weighted by Crippen LogP contribution is -2.43. The Labute approximate surface area is 125 Å². The average molecular weight is 326 g/mol. The fourth-order valence-corrected chi connectivity index (χ4v) is 3.25. The Balaban J connectivity index is 2.14. The van der Waals surface area contributed by atoms with Crippen LogP contribution in [0.1, 0.15) is 32.8 Å². The molecule has 19 heavy (non-hydrogen) atoms. The van der Waals surface area contributed by atoms with Crippen molar-refractivity contribution in [3.8, 4) is 0 Å². The highest BCUT2D eigenvalue weighted by molar-refractivity contribution is 9.10. The minimum absolute atomic E-state index is 0.227. The van der Waals surface area contributed by atoms with Crippen molar-refractivity contribution < 1.29 is 4.74 Å². The first-order chi connectivity index (χ1) is 9.02. The minimum Gasteiger partial charge on any atom is -0.378 e. The molecule has 1 aliphatic rings. The predicted octanol–water partition coefficient (Wildman–Crippen LogP) is 3.78. The number of rotatable bonds is 5. The molecule has 0 aromatic heterocycles. The van der Waals surface area contributed by atoms with E-state index >= 15 is 0 Å². The molecule has 0 saturated carbocycles. The molecule has 106 valence electrons. The van der Waals surface area contributed by atoms with Crippen molar-refractivity contribution in [3.05, 3.63) is 34.3 Å². The Bertz CT molecular complexity index is 421. The van der Waals surface area contributed by atoms with Gasteiger partial charge in [-0.25, -0.2) is 0 Å². The fourth-order valence-electron chi connectivity index (χ4n) is 2.81. The van der Waals surface area contributed by atoms with Crippen LogP contribution in [-0.4, -0.2) is 25.3 Å². The molecule has 1 aromatic carbocycles. The molecule has 1 N–H and O–H groups in total. The second-order valence-electron chi connectivity index (χ2n) is 5.97. The fraction of sp³-hybridized carbons (Fsp3) is 0.625. The number of hydrogen-bond donors (Lipinski definition) is 1. The molecule has 3 heteroatoms. The summed E-state index contributed by atoms with van der Waals surface area (Å²) in [7, 11) is 0. The molecular weight excluding hydrogens is 302 g/mol. The van der Waals surface area contributed by atoms with Gasteiger partial charge in [0.15, 0.2) is 0 Å². The molecule has 1 saturated heterocycles. The summed E-state index contributed by atoms with van der Waals surface area (Å²) in [5, 5.41) is 3.60. The predicted molar refractivity (Wildman–Crippen MR) is 83.4 cm³/mol. The van der Waals surface area contributed by atoms with Gasteiger partial charge in [0.1, 0.15) is 0 Å². The molecule has 0 spiro atoms. The summed E-state index contributed by atoms with van der Waals surface area (Å²) in [6, 6.07) is 9.16. The number of hydrogen-bond acceptors (Lipinski definition) is 2. The molecule has 2 unspecified atom stereocenters. The number of halogens is 1. The molecule has 0 radical (unpaired) electrons. The molecule has 1 aliphatic heterocycles. The van der Waals surface area contributed by atoms with Gasteiger partial charge in [-0.1, -0.05) is 41.9 Å². The summed E-state index contributed by atoms with van der Waals surface area (Å²) in [4.78, 5) is 0. The first-order valence-electron chi connectivity index (χ1n) is 7.11. The quantitative estimate of drug-likeness (QED) is 0.889. The third-order valence-corrected chi connectivity index (χ3v) is 4.63. The van der Waals surface area contributed by atoms with Gasteiger partial charge in [0.05, 0.1) is 6.10 Å². The van der Waals surface area contributed by atoms with Gasteiger partial charge in [-0.15, -0.1) is 0 Å². The van der Waals surface area contributed by atoms with E-state index in [1.165, 1.54) is 5.56 Å². The van der Waals surface area contributed by atoms with Gasteiger partial charge < -0.3 is 10.1 Å². The zero-order valence-electron chi connectivity index (χ0n) is 12.1. The molecule has 0 aliphatic carbocycles. The molecule has 2 rings (SSSR count). The summed E-state index contributed by atoms with van der Waals surface area (Å²) in [5.41, 5.74) is 1.61. The highest BCUT2D eigenvalue weighted by Gasteiger charge is 2.41. The second-order valence-corrected chi connectivity index (χ2v) is 6.88. The maximum Gasteiger partial charge on any atom is 0.0619 e. The summed E-state index contributed by atoms with van der Waals surface area (Å²) in [5.74, 6) is 0. The van der Waals surface area contributed by atoms with E-state index in [0.717, 1.165) is 30.5 Å². The summed E-state index contributed by atoms with van der Waals surface area (Å²) >= 11 is 3.56. The molecule has 1 fully saturated rings. The van der Waals surface area contributed by atoms with Gasteiger partial charge in [-0.05, 0) is 37.5 Å². The van der Waals surface area contributed by atoms with E-state index in [9.17, 15) is 0 Å². The lowest BCUT2D eigenvalue weighted by Gasteiger charge is -2.33. The van der Waals surface area contributed by atoms with E-state index in [1.54, 1.807) is 0 Å². The first kappa shape index (κ1) is 15.0. The van der Waals surface area contributed by atoms with Crippen molar-refractivity contribution in [3.63, 3.8) is 0 Å². The van der Waals surface area contributed by atoms with Crippen molar-refractivity contribution in [1.82, 2.24) is 5.32 Å². The van der Waals surface area contributed by atoms with Crippen LogP contribution in [0.4, 0.5) is 0 Å². The van der Waals surface area contributed by atoms with Gasteiger partial charge in [0.2, 0.25) is 0 Å². The van der Waals surface area contributed by atoms with Crippen LogP contribution in [0.2, 0.25) is 0 Å². The highest BCUT2D eigenvalue weighted by Crippen LogP contribution is 2.38. The van der Waals surface area contributed by atoms with Gasteiger partial charge in [0, 0.05) is 29.1 Å². The third-order valence-electron chi connectivity index (χ3n) is 4.14. The largest absolute Gasteiger partial charge is 0.378 e. The normalized spacial score (nSPS) is 27.1. The Hall–Kier alpha value is -0.380. The van der Waals surface area contributed by atoms with Crippen LogP contribution in [0, 0.1) is 5.41 Å². The molecular formula is C16H24BrNO. The summed E-state index contributed by atoms with van der Waals surface area (Å²) in [6.07, 6.45) is 2.53. The van der Waals surface area contributed by atoms with E-state index in [0.29, 0.717) is 12.1 Å². The van der Waals surface area contributed by atoms with Crippen molar-refractivity contribution >= 4 is 15.9 Å². The lowest BCUT2D eigenvalue weighted by molar-refractivity contribution is 0.0620. The molecule has 1 heterocycles. The summed E-state index contributed by atoms with van der Waals surface area (Å²) < 4.78 is 7.01. The van der Waals surface area contributed by atoms with Crippen LogP contribution >= 0.6 is 15.9 Å². The summed E-state index contributed by atoms with van der Waals surface area (Å²) in [6.45, 7) is 8.53. The topological polar surface area (TPSA) is 21.3 Å². The maximum atomic E-state index is 5.85. The van der Waals surface area contributed by atoms with E-state index in [4.69, 9.17) is 4.74 Å². The second kappa shape index (κ2) is 6.38. The monoisotopic (exact) mass is 325 g/mol. The lowest BCUT2D eigenvalue weighted by atomic mass is 9.76. The van der Waals surface area contributed by atoms with Crippen molar-refractivity contribution in [2.75, 3.05) is 13.2 Å². The highest BCUT2D eigenvalue weighted by atomic mass is 79.9. The van der Waals surface area contributed by atoms with Gasteiger partial charge in [-0.3, -0.25) is 0 Å². The Morgan fingerprint density at radius 2 is 2.26 bits per heavy atom. The first-order valence-corrected chi connectivity index (χ1v) is 7.90. The standard InChI is InChI=1S/C16H24BrNO/c1-12(2)18-11-16(7-8-19-13(16)3)10-14-5-4-6-15(17)9-14/h4-6,9,12-13,18H,7-8,10-11H2,1-3H3. The molecule has 1 aromatic rings. The number of ether oxygens (including phenoxy) is 1. The SMILES string of the molecule is CC(C)NCC1(Cc2cccc(Br)c2)CCOC1C. The Morgan fingerprint density at radius 1 is 1.47 bits per heavy atom. The van der Waals surface area contributed by atoms with Crippen LogP contribution < -0.4 is 5.32 Å². The maximum absolute atomic E-state index is 5.85. The minimum atomic E-state index is 0.227. The van der Waals surface area contributed by atoms with Crippen LogP contribution in [0.15, 0.2) is 28.7 Å². The smallest absolute Gasteiger partial charge is 0.0619 e. The van der Waals surface area contributed by atoms with Gasteiger partial charge in [-0.2, -0.15) is 0 Å². The molecule has 0 amide bonds. The van der Waals surface area contributed by atoms with Crippen LogP contribution in [0.25, 0.3) is 0 Å². The van der Waals surface area contributed by atoms with E-state index < -0.39 is 0 Å². The number of benzene rings is 1. The Kier molecular flexibility index (Phi) is 5.04. The van der Waals surface area contributed by atoms with Crippen LogP contribution in [0.5, 0.6) is 0 Å². The van der Waals surface area contributed by atoms with Crippen molar-refractivity contribution in [2.45, 2.75) is 45.8 Å². The molecule has 0 bridgehead atoms. The van der Waals surface area contributed by atoms with Gasteiger partial charge in [0.25, 0.3) is 0 Å². The third kappa shape index (κ3) is 3.80. The van der Waals surface area contributed by atoms with Gasteiger partial charge >= 0.3 is 0 Å². The van der Waals surface area contributed by atoms with Crippen LogP contribution in [-0.2, 0) is 11.2 Å². The van der Waals surface area contributed by atoms with Crippen molar-refractivity contribution in [1.29, 1.82) is 0 Å². The average Bonchev–Trinajstić information content (AvgIpc) is 2.69. The van der Waals surface area contributed by atoms with E-state index in [2.05, 4.69) is 66.3 Å². The van der Waals surface area contributed by atoms with E-state index in [-0.39, 0.29) is 5.41 Å². The molecule has 2 atom stereocenters. The zero-order valence-corrected chi connectivity index (χ0v) is 13.7. The van der Waals surface area contributed by atoms with Crippen molar-refractivity contribution in [2.24, 2.45) is 5.41 Å².